The molecule has 2 aliphatic rings. The molecule has 0 radical (unpaired) electrons. The highest BCUT2D eigenvalue weighted by atomic mass is 16.1. The number of fused-ring (bicyclic) bond motifs is 1. The molecule has 0 aromatic carbocycles. The van der Waals surface area contributed by atoms with Gasteiger partial charge in [0.05, 0.1) is 6.21 Å². The third-order valence-electron chi connectivity index (χ3n) is 1.25. The topological polar surface area (TPSA) is 54.1 Å². The van der Waals surface area contributed by atoms with Crippen molar-refractivity contribution >= 4 is 23.4 Å². The van der Waals surface area contributed by atoms with E-state index in [1.807, 2.05) is 0 Å². The molecule has 0 unspecified atom stereocenters. The van der Waals surface area contributed by atoms with Gasteiger partial charge in [0, 0.05) is 12.3 Å². The molecule has 2 aliphatic heterocycles. The molecule has 0 aromatic heterocycles. The van der Waals surface area contributed by atoms with E-state index >= 15 is 0 Å². The molecule has 0 atom stereocenters. The first-order valence-corrected chi connectivity index (χ1v) is 2.78. The van der Waals surface area contributed by atoms with Crippen LogP contribution in [-0.4, -0.2) is 23.4 Å². The quantitative estimate of drug-likeness (QED) is 0.457. The molecule has 0 bridgehead atoms. The van der Waals surface area contributed by atoms with Crippen LogP contribution in [0.3, 0.4) is 0 Å². The largest absolute Gasteiger partial charge is 0.287 e. The van der Waals surface area contributed by atoms with E-state index in [0.29, 0.717) is 11.4 Å². The highest BCUT2D eigenvalue weighted by molar-refractivity contribution is 6.81. The monoisotopic (exact) mass is 133 g/mol. The maximum Gasteiger partial charge on any atom is 0.209 e. The lowest BCUT2D eigenvalue weighted by Crippen LogP contribution is -2.22. The maximum atomic E-state index is 10.9. The zero-order chi connectivity index (χ0) is 6.97. The van der Waals surface area contributed by atoms with Crippen molar-refractivity contribution in [3.05, 3.63) is 12.3 Å². The highest BCUT2D eigenvalue weighted by Crippen LogP contribution is 2.01. The summed E-state index contributed by atoms with van der Waals surface area (Å²) in [5, 5.41) is 7.14. The molecule has 0 saturated heterocycles. The molecule has 0 aromatic rings. The summed E-state index contributed by atoms with van der Waals surface area (Å²) in [6.07, 6.45) is 4.29. The summed E-state index contributed by atoms with van der Waals surface area (Å²) in [7, 11) is 0. The van der Waals surface area contributed by atoms with E-state index in [4.69, 9.17) is 0 Å². The molecule has 2 rings (SSSR count). The van der Waals surface area contributed by atoms with E-state index in [2.05, 4.69) is 15.2 Å². The predicted molar refractivity (Wildman–Crippen MR) is 37.5 cm³/mol. The smallest absolute Gasteiger partial charge is 0.209 e. The third kappa shape index (κ3) is 0.556. The van der Waals surface area contributed by atoms with Crippen molar-refractivity contribution in [2.75, 3.05) is 0 Å². The second kappa shape index (κ2) is 1.70. The van der Waals surface area contributed by atoms with Crippen molar-refractivity contribution in [1.82, 2.24) is 0 Å². The van der Waals surface area contributed by atoms with Gasteiger partial charge in [-0.25, -0.2) is 0 Å². The van der Waals surface area contributed by atoms with E-state index in [0.717, 1.165) is 0 Å². The summed E-state index contributed by atoms with van der Waals surface area (Å²) >= 11 is 0. The normalized spacial score (nSPS) is 20.6. The van der Waals surface area contributed by atoms with E-state index in [1.165, 1.54) is 18.5 Å². The Kier molecular flexibility index (Phi) is 0.887. The summed E-state index contributed by atoms with van der Waals surface area (Å²) in [6, 6.07) is 0. The van der Waals surface area contributed by atoms with Crippen molar-refractivity contribution in [2.45, 2.75) is 0 Å². The average Bonchev–Trinajstić information content (AvgIpc) is 2.36. The number of allylic oxidation sites excluding steroid dienone is 1. The summed E-state index contributed by atoms with van der Waals surface area (Å²) in [4.78, 5) is 14.8. The summed E-state index contributed by atoms with van der Waals surface area (Å²) in [6.45, 7) is 0. The Balaban J connectivity index is 2.54. The first-order valence-electron chi connectivity index (χ1n) is 2.78. The van der Waals surface area contributed by atoms with Crippen LogP contribution >= 0.6 is 0 Å². The molecule has 0 N–H and O–H groups in total. The minimum Gasteiger partial charge on any atom is -0.287 e. The van der Waals surface area contributed by atoms with Crippen LogP contribution in [-0.2, 0) is 4.79 Å². The molecule has 48 valence electrons. The number of aliphatic imine (C=N–C) groups is 1. The molecular weight excluding hydrogens is 130 g/mol. The Morgan fingerprint density at radius 1 is 1.40 bits per heavy atom. The number of ketones is 1. The minimum atomic E-state index is -0.123. The van der Waals surface area contributed by atoms with Crippen LogP contribution < -0.4 is 0 Å². The molecular formula is C6H3N3O. The standard InChI is InChI=1S/C6H3N3O/c10-5-1-2-7-4-3-8-9-6(4)5/h1-3H. The van der Waals surface area contributed by atoms with Crippen LogP contribution in [0.1, 0.15) is 0 Å². The Morgan fingerprint density at radius 2 is 2.30 bits per heavy atom. The van der Waals surface area contributed by atoms with Gasteiger partial charge in [0.1, 0.15) is 5.71 Å². The summed E-state index contributed by atoms with van der Waals surface area (Å²) in [5.41, 5.74) is 0.912. The second-order valence-electron chi connectivity index (χ2n) is 1.89. The van der Waals surface area contributed by atoms with Crippen molar-refractivity contribution in [3.63, 3.8) is 0 Å². The van der Waals surface area contributed by atoms with Gasteiger partial charge in [-0.1, -0.05) is 0 Å². The van der Waals surface area contributed by atoms with E-state index < -0.39 is 0 Å². The third-order valence-corrected chi connectivity index (χ3v) is 1.25. The van der Waals surface area contributed by atoms with Gasteiger partial charge in [-0.2, -0.15) is 5.10 Å². The SMILES string of the molecule is O=C1C=CN=C2C=NN=C12. The average molecular weight is 133 g/mol. The van der Waals surface area contributed by atoms with Gasteiger partial charge in [-0.05, 0) is 0 Å². The first kappa shape index (κ1) is 5.22. The molecule has 4 nitrogen and oxygen atoms in total. The number of hydrogen-bond donors (Lipinski definition) is 0. The fraction of sp³-hybridized carbons (Fsp3) is 0. The molecule has 4 heteroatoms. The van der Waals surface area contributed by atoms with Crippen LogP contribution in [0, 0.1) is 0 Å². The fourth-order valence-electron chi connectivity index (χ4n) is 0.788. The van der Waals surface area contributed by atoms with Gasteiger partial charge >= 0.3 is 0 Å². The van der Waals surface area contributed by atoms with Crippen LogP contribution in [0.4, 0.5) is 0 Å². The molecule has 10 heavy (non-hydrogen) atoms. The zero-order valence-electron chi connectivity index (χ0n) is 4.98. The summed E-state index contributed by atoms with van der Waals surface area (Å²) in [5.74, 6) is -0.123. The highest BCUT2D eigenvalue weighted by Gasteiger charge is 2.20. The van der Waals surface area contributed by atoms with Gasteiger partial charge in [-0.3, -0.25) is 9.79 Å². The molecule has 0 spiro atoms. The van der Waals surface area contributed by atoms with Crippen molar-refractivity contribution < 1.29 is 4.79 Å². The van der Waals surface area contributed by atoms with Gasteiger partial charge in [-0.15, -0.1) is 5.10 Å². The number of nitrogens with zero attached hydrogens (tertiary/aromatic N) is 3. The van der Waals surface area contributed by atoms with Gasteiger partial charge in [0.2, 0.25) is 5.78 Å². The van der Waals surface area contributed by atoms with Crippen LogP contribution in [0.5, 0.6) is 0 Å². The van der Waals surface area contributed by atoms with E-state index in [1.54, 1.807) is 0 Å². The zero-order valence-corrected chi connectivity index (χ0v) is 4.98. The van der Waals surface area contributed by atoms with E-state index in [-0.39, 0.29) is 5.78 Å². The van der Waals surface area contributed by atoms with Crippen LogP contribution in [0.2, 0.25) is 0 Å². The Bertz CT molecular complexity index is 303. The van der Waals surface area contributed by atoms with Gasteiger partial charge < -0.3 is 0 Å². The molecule has 2 heterocycles. The lowest BCUT2D eigenvalue weighted by atomic mass is 10.1. The van der Waals surface area contributed by atoms with Crippen molar-refractivity contribution in [3.8, 4) is 0 Å². The minimum absolute atomic E-state index is 0.123. The number of carbonyl (C=O) groups excluding carboxylic acids is 1. The van der Waals surface area contributed by atoms with Crippen LogP contribution in [0.15, 0.2) is 27.5 Å². The first-order chi connectivity index (χ1) is 4.88. The lowest BCUT2D eigenvalue weighted by Gasteiger charge is -1.97. The molecule has 0 saturated carbocycles. The van der Waals surface area contributed by atoms with Crippen LogP contribution in [0.25, 0.3) is 0 Å². The molecule has 0 aliphatic carbocycles. The maximum absolute atomic E-state index is 10.9. The van der Waals surface area contributed by atoms with Gasteiger partial charge in [0.15, 0.2) is 5.71 Å². The summed E-state index contributed by atoms with van der Waals surface area (Å²) < 4.78 is 0. The lowest BCUT2D eigenvalue weighted by molar-refractivity contribution is -0.108. The molecule has 0 amide bonds. The Morgan fingerprint density at radius 3 is 3.10 bits per heavy atom. The second-order valence-corrected chi connectivity index (χ2v) is 1.89. The van der Waals surface area contributed by atoms with E-state index in [9.17, 15) is 4.79 Å². The fourth-order valence-corrected chi connectivity index (χ4v) is 0.788. The number of carbonyl (C=O) groups is 1. The van der Waals surface area contributed by atoms with Crippen molar-refractivity contribution in [2.24, 2.45) is 15.2 Å². The molecule has 0 fully saturated rings. The Labute approximate surface area is 56.7 Å². The van der Waals surface area contributed by atoms with Crippen molar-refractivity contribution in [1.29, 1.82) is 0 Å². The predicted octanol–water partition coefficient (Wildman–Crippen LogP) is -0.0358. The Hall–Kier alpha value is -1.58. The van der Waals surface area contributed by atoms with Gasteiger partial charge in [0.25, 0.3) is 0 Å². The number of rotatable bonds is 0. The number of hydrogen-bond acceptors (Lipinski definition) is 4.